The molecule has 0 atom stereocenters. The molecule has 0 aliphatic heterocycles. The Kier molecular flexibility index (Phi) is 4.06. The first kappa shape index (κ1) is 11.2. The van der Waals surface area contributed by atoms with E-state index in [4.69, 9.17) is 5.11 Å². The number of hydrogen-bond acceptors (Lipinski definition) is 3. The number of benzene rings is 1. The molecule has 0 saturated heterocycles. The Hall–Kier alpha value is -0.910. The van der Waals surface area contributed by atoms with Crippen LogP contribution in [0.25, 0.3) is 0 Å². The molecule has 0 saturated carbocycles. The number of nitrogens with one attached hydrogen (secondary N) is 1. The SMILES string of the molecule is O=S(=O)(NCCCO)c1[c]cccc1. The highest BCUT2D eigenvalue weighted by molar-refractivity contribution is 7.89. The topological polar surface area (TPSA) is 66.4 Å². The Morgan fingerprint density at radius 1 is 1.43 bits per heavy atom. The Labute approximate surface area is 83.6 Å². The van der Waals surface area contributed by atoms with E-state index in [-0.39, 0.29) is 18.0 Å². The summed E-state index contributed by atoms with van der Waals surface area (Å²) >= 11 is 0. The van der Waals surface area contributed by atoms with E-state index < -0.39 is 10.0 Å². The van der Waals surface area contributed by atoms with Crippen LogP contribution in [0.1, 0.15) is 6.42 Å². The van der Waals surface area contributed by atoms with E-state index in [1.54, 1.807) is 18.2 Å². The fraction of sp³-hybridized carbons (Fsp3) is 0.333. The number of aliphatic hydroxyl groups is 1. The summed E-state index contributed by atoms with van der Waals surface area (Å²) < 4.78 is 25.3. The number of aliphatic hydroxyl groups excluding tert-OH is 1. The van der Waals surface area contributed by atoms with Crippen LogP contribution in [-0.4, -0.2) is 26.7 Å². The van der Waals surface area contributed by atoms with Crippen LogP contribution in [0.2, 0.25) is 0 Å². The molecule has 0 spiro atoms. The minimum absolute atomic E-state index is 0.0268. The molecule has 14 heavy (non-hydrogen) atoms. The van der Waals surface area contributed by atoms with Gasteiger partial charge in [0.1, 0.15) is 0 Å². The molecule has 0 unspecified atom stereocenters. The van der Waals surface area contributed by atoms with Crippen LogP contribution in [-0.2, 0) is 10.0 Å². The highest BCUT2D eigenvalue weighted by Crippen LogP contribution is 2.05. The van der Waals surface area contributed by atoms with Gasteiger partial charge in [-0.25, -0.2) is 13.1 Å². The lowest BCUT2D eigenvalue weighted by atomic mass is 10.4. The maximum Gasteiger partial charge on any atom is 0.241 e. The third-order valence-electron chi connectivity index (χ3n) is 1.60. The van der Waals surface area contributed by atoms with Gasteiger partial charge in [0, 0.05) is 19.2 Å². The summed E-state index contributed by atoms with van der Waals surface area (Å²) in [7, 11) is -3.45. The predicted molar refractivity (Wildman–Crippen MR) is 52.2 cm³/mol. The molecule has 1 aromatic rings. The van der Waals surface area contributed by atoms with Gasteiger partial charge in [0.2, 0.25) is 10.0 Å². The van der Waals surface area contributed by atoms with Crippen LogP contribution in [0.15, 0.2) is 29.2 Å². The fourth-order valence-corrected chi connectivity index (χ4v) is 1.96. The van der Waals surface area contributed by atoms with Crippen molar-refractivity contribution in [2.24, 2.45) is 0 Å². The van der Waals surface area contributed by atoms with Gasteiger partial charge in [0.15, 0.2) is 0 Å². The molecule has 0 bridgehead atoms. The van der Waals surface area contributed by atoms with Gasteiger partial charge in [-0.1, -0.05) is 18.2 Å². The standard InChI is InChI=1S/C9H12NO3S/c11-8-4-7-10-14(12,13)9-5-2-1-3-6-9/h1-3,5,10-11H,4,7-8H2. The van der Waals surface area contributed by atoms with Gasteiger partial charge in [0.05, 0.1) is 4.90 Å². The zero-order chi connectivity index (χ0) is 10.4. The van der Waals surface area contributed by atoms with Crippen molar-refractivity contribution < 1.29 is 13.5 Å². The van der Waals surface area contributed by atoms with Gasteiger partial charge in [0.25, 0.3) is 0 Å². The summed E-state index contributed by atoms with van der Waals surface area (Å²) in [5.74, 6) is 0. The fourth-order valence-electron chi connectivity index (χ4n) is 0.907. The van der Waals surface area contributed by atoms with Crippen molar-refractivity contribution in [1.82, 2.24) is 4.72 Å². The Morgan fingerprint density at radius 2 is 2.21 bits per heavy atom. The molecular formula is C9H12NO3S. The summed E-state index contributed by atoms with van der Waals surface area (Å²) in [6.45, 7) is 0.211. The second-order valence-electron chi connectivity index (χ2n) is 2.70. The lowest BCUT2D eigenvalue weighted by Crippen LogP contribution is -2.25. The molecule has 0 heterocycles. The summed E-state index contributed by atoms with van der Waals surface area (Å²) in [5.41, 5.74) is 0. The maximum absolute atomic E-state index is 11.5. The molecule has 2 N–H and O–H groups in total. The van der Waals surface area contributed by atoms with Gasteiger partial charge in [-0.3, -0.25) is 0 Å². The van der Waals surface area contributed by atoms with Crippen LogP contribution in [0.5, 0.6) is 0 Å². The zero-order valence-electron chi connectivity index (χ0n) is 7.60. The van der Waals surface area contributed by atoms with E-state index >= 15 is 0 Å². The third-order valence-corrected chi connectivity index (χ3v) is 3.01. The number of sulfonamides is 1. The molecule has 0 aromatic heterocycles. The van der Waals surface area contributed by atoms with Crippen LogP contribution in [0, 0.1) is 6.07 Å². The first-order valence-electron chi connectivity index (χ1n) is 4.24. The summed E-state index contributed by atoms with van der Waals surface area (Å²) in [5, 5.41) is 8.49. The van der Waals surface area contributed by atoms with Crippen molar-refractivity contribution in [2.75, 3.05) is 13.2 Å². The molecule has 0 amide bonds. The molecule has 4 nitrogen and oxygen atoms in total. The first-order valence-corrected chi connectivity index (χ1v) is 5.72. The molecular weight excluding hydrogens is 202 g/mol. The lowest BCUT2D eigenvalue weighted by molar-refractivity contribution is 0.289. The summed E-state index contributed by atoms with van der Waals surface area (Å²) in [6, 6.07) is 8.98. The average Bonchev–Trinajstić information content (AvgIpc) is 2.19. The van der Waals surface area contributed by atoms with E-state index in [1.165, 1.54) is 6.07 Å². The monoisotopic (exact) mass is 214 g/mol. The van der Waals surface area contributed by atoms with E-state index in [2.05, 4.69) is 10.8 Å². The van der Waals surface area contributed by atoms with Gasteiger partial charge in [-0.2, -0.15) is 0 Å². The zero-order valence-corrected chi connectivity index (χ0v) is 8.42. The van der Waals surface area contributed by atoms with Crippen molar-refractivity contribution in [3.05, 3.63) is 30.3 Å². The molecule has 0 fully saturated rings. The Balaban J connectivity index is 2.67. The van der Waals surface area contributed by atoms with Crippen LogP contribution < -0.4 is 4.72 Å². The molecule has 1 aromatic carbocycles. The molecule has 77 valence electrons. The van der Waals surface area contributed by atoms with Gasteiger partial charge in [-0.15, -0.1) is 0 Å². The molecule has 0 aliphatic rings. The van der Waals surface area contributed by atoms with E-state index in [9.17, 15) is 8.42 Å². The van der Waals surface area contributed by atoms with E-state index in [0.29, 0.717) is 6.42 Å². The largest absolute Gasteiger partial charge is 0.396 e. The minimum Gasteiger partial charge on any atom is -0.396 e. The van der Waals surface area contributed by atoms with Crippen molar-refractivity contribution in [2.45, 2.75) is 11.3 Å². The second kappa shape index (κ2) is 5.09. The van der Waals surface area contributed by atoms with Gasteiger partial charge < -0.3 is 5.11 Å². The van der Waals surface area contributed by atoms with E-state index in [1.807, 2.05) is 0 Å². The van der Waals surface area contributed by atoms with Crippen LogP contribution in [0.3, 0.4) is 0 Å². The van der Waals surface area contributed by atoms with Crippen molar-refractivity contribution in [3.8, 4) is 0 Å². The third kappa shape index (κ3) is 3.10. The smallest absolute Gasteiger partial charge is 0.241 e. The maximum atomic E-state index is 11.5. The quantitative estimate of drug-likeness (QED) is 0.685. The van der Waals surface area contributed by atoms with Gasteiger partial charge in [-0.05, 0) is 12.5 Å². The average molecular weight is 214 g/mol. The first-order chi connectivity index (χ1) is 6.67. The number of rotatable bonds is 5. The highest BCUT2D eigenvalue weighted by Gasteiger charge is 2.11. The summed E-state index contributed by atoms with van der Waals surface area (Å²) in [6.07, 6.45) is 0.409. The molecule has 5 heteroatoms. The second-order valence-corrected chi connectivity index (χ2v) is 4.44. The predicted octanol–water partition coefficient (Wildman–Crippen LogP) is 0.147. The number of hydrogen-bond donors (Lipinski definition) is 2. The van der Waals surface area contributed by atoms with Crippen molar-refractivity contribution in [3.63, 3.8) is 0 Å². The normalized spacial score (nSPS) is 11.5. The molecule has 0 aliphatic carbocycles. The molecule has 1 rings (SSSR count). The van der Waals surface area contributed by atoms with E-state index in [0.717, 1.165) is 0 Å². The van der Waals surface area contributed by atoms with Crippen molar-refractivity contribution in [1.29, 1.82) is 0 Å². The Bertz CT molecular complexity index is 361. The van der Waals surface area contributed by atoms with Crippen molar-refractivity contribution >= 4 is 10.0 Å². The summed E-state index contributed by atoms with van der Waals surface area (Å²) in [4.78, 5) is 0.123. The van der Waals surface area contributed by atoms with Crippen LogP contribution >= 0.6 is 0 Å². The highest BCUT2D eigenvalue weighted by atomic mass is 32.2. The van der Waals surface area contributed by atoms with Gasteiger partial charge >= 0.3 is 0 Å². The molecule has 1 radical (unpaired) electrons. The van der Waals surface area contributed by atoms with Crippen LogP contribution in [0.4, 0.5) is 0 Å². The Morgan fingerprint density at radius 3 is 2.79 bits per heavy atom. The minimum atomic E-state index is -3.45. The lowest BCUT2D eigenvalue weighted by Gasteiger charge is -2.04.